The first-order valence-corrected chi connectivity index (χ1v) is 6.21. The predicted molar refractivity (Wildman–Crippen MR) is 58.0 cm³/mol. The molecule has 1 saturated carbocycles. The Labute approximate surface area is 96.6 Å². The van der Waals surface area contributed by atoms with Gasteiger partial charge in [0.2, 0.25) is 5.89 Å². The van der Waals surface area contributed by atoms with Crippen molar-refractivity contribution in [2.75, 3.05) is 5.75 Å². The van der Waals surface area contributed by atoms with Gasteiger partial charge < -0.3 is 15.4 Å². The van der Waals surface area contributed by atoms with E-state index in [2.05, 4.69) is 10.1 Å². The number of rotatable bonds is 6. The van der Waals surface area contributed by atoms with Gasteiger partial charge in [-0.25, -0.2) is 0 Å². The number of carbonyl (C=O) groups is 1. The number of hydrogen-bond donors (Lipinski definition) is 2. The minimum absolute atomic E-state index is 0.344. The molecule has 0 aliphatic heterocycles. The molecule has 0 spiro atoms. The molecular weight excluding hydrogens is 230 g/mol. The van der Waals surface area contributed by atoms with Gasteiger partial charge in [0.05, 0.1) is 5.75 Å². The molecule has 1 unspecified atom stereocenters. The zero-order chi connectivity index (χ0) is 11.5. The summed E-state index contributed by atoms with van der Waals surface area (Å²) < 4.78 is 5.04. The van der Waals surface area contributed by atoms with E-state index in [1.54, 1.807) is 0 Å². The van der Waals surface area contributed by atoms with E-state index in [0.29, 0.717) is 23.3 Å². The van der Waals surface area contributed by atoms with Crippen molar-refractivity contribution in [2.24, 2.45) is 5.73 Å². The van der Waals surface area contributed by atoms with Crippen LogP contribution in [0, 0.1) is 0 Å². The van der Waals surface area contributed by atoms with Gasteiger partial charge in [0.1, 0.15) is 6.04 Å². The number of nitrogens with two attached hydrogens (primary N) is 1. The highest BCUT2D eigenvalue weighted by Gasteiger charge is 2.28. The van der Waals surface area contributed by atoms with Gasteiger partial charge in [0.25, 0.3) is 0 Å². The highest BCUT2D eigenvalue weighted by molar-refractivity contribution is 7.98. The molecule has 1 aliphatic carbocycles. The van der Waals surface area contributed by atoms with Crippen LogP contribution in [0.25, 0.3) is 0 Å². The summed E-state index contributed by atoms with van der Waals surface area (Å²) in [5, 5.41) is 12.4. The largest absolute Gasteiger partial charge is 0.480 e. The minimum atomic E-state index is -0.989. The first-order chi connectivity index (χ1) is 7.66. The third-order valence-corrected chi connectivity index (χ3v) is 3.31. The number of carboxylic acids is 1. The van der Waals surface area contributed by atoms with Crippen LogP contribution >= 0.6 is 11.8 Å². The first-order valence-electron chi connectivity index (χ1n) is 5.05. The van der Waals surface area contributed by atoms with E-state index < -0.39 is 12.0 Å². The Bertz CT molecular complexity index is 378. The second-order valence-corrected chi connectivity index (χ2v) is 4.81. The van der Waals surface area contributed by atoms with Gasteiger partial charge in [0, 0.05) is 11.7 Å². The number of aromatic nitrogens is 2. The lowest BCUT2D eigenvalue weighted by molar-refractivity contribution is -0.137. The summed E-state index contributed by atoms with van der Waals surface area (Å²) >= 11 is 1.39. The highest BCUT2D eigenvalue weighted by Crippen LogP contribution is 2.38. The van der Waals surface area contributed by atoms with Crippen LogP contribution in [0.2, 0.25) is 0 Å². The fourth-order valence-electron chi connectivity index (χ4n) is 1.18. The zero-order valence-corrected chi connectivity index (χ0v) is 9.44. The van der Waals surface area contributed by atoms with E-state index in [1.807, 2.05) is 0 Å². The lowest BCUT2D eigenvalue weighted by atomic mass is 10.4. The first kappa shape index (κ1) is 11.4. The number of thioether (sulfide) groups is 1. The van der Waals surface area contributed by atoms with Crippen molar-refractivity contribution in [1.82, 2.24) is 10.1 Å². The van der Waals surface area contributed by atoms with Gasteiger partial charge in [-0.05, 0) is 12.8 Å². The van der Waals surface area contributed by atoms with Gasteiger partial charge in [-0.1, -0.05) is 5.16 Å². The third-order valence-electron chi connectivity index (χ3n) is 2.27. The van der Waals surface area contributed by atoms with E-state index in [1.165, 1.54) is 11.8 Å². The van der Waals surface area contributed by atoms with Crippen molar-refractivity contribution in [3.63, 3.8) is 0 Å². The fourth-order valence-corrected chi connectivity index (χ4v) is 1.98. The monoisotopic (exact) mass is 243 g/mol. The Morgan fingerprint density at radius 2 is 2.44 bits per heavy atom. The van der Waals surface area contributed by atoms with Gasteiger partial charge in [-0.3, -0.25) is 4.79 Å². The van der Waals surface area contributed by atoms with Crippen LogP contribution in [0.4, 0.5) is 0 Å². The molecule has 1 aromatic heterocycles. The van der Waals surface area contributed by atoms with Crippen molar-refractivity contribution < 1.29 is 14.4 Å². The lowest BCUT2D eigenvalue weighted by Gasteiger charge is -2.03. The second-order valence-electron chi connectivity index (χ2n) is 3.78. The number of hydrogen-bond acceptors (Lipinski definition) is 6. The van der Waals surface area contributed by atoms with Gasteiger partial charge >= 0.3 is 5.97 Å². The van der Waals surface area contributed by atoms with Crippen molar-refractivity contribution in [1.29, 1.82) is 0 Å². The Balaban J connectivity index is 1.74. The van der Waals surface area contributed by atoms with Crippen molar-refractivity contribution in [3.8, 4) is 0 Å². The maximum absolute atomic E-state index is 10.5. The Kier molecular flexibility index (Phi) is 3.45. The molecule has 3 N–H and O–H groups in total. The van der Waals surface area contributed by atoms with Crippen LogP contribution in [-0.2, 0) is 10.5 Å². The van der Waals surface area contributed by atoms with Gasteiger partial charge in [0.15, 0.2) is 5.82 Å². The smallest absolute Gasteiger partial charge is 0.321 e. The van der Waals surface area contributed by atoms with Crippen LogP contribution in [0.1, 0.15) is 30.5 Å². The minimum Gasteiger partial charge on any atom is -0.480 e. The molecule has 1 aliphatic rings. The zero-order valence-electron chi connectivity index (χ0n) is 8.63. The average Bonchev–Trinajstić information content (AvgIpc) is 2.99. The number of aliphatic carboxylic acids is 1. The van der Waals surface area contributed by atoms with Gasteiger partial charge in [-0.15, -0.1) is 11.8 Å². The number of carboxylic acid groups (broad SMARTS) is 1. The maximum atomic E-state index is 10.5. The van der Waals surface area contributed by atoms with Crippen molar-refractivity contribution in [2.45, 2.75) is 30.6 Å². The van der Waals surface area contributed by atoms with Crippen LogP contribution in [0.5, 0.6) is 0 Å². The second kappa shape index (κ2) is 4.84. The van der Waals surface area contributed by atoms with E-state index >= 15 is 0 Å². The molecule has 16 heavy (non-hydrogen) atoms. The van der Waals surface area contributed by atoms with E-state index in [-0.39, 0.29) is 0 Å². The third kappa shape index (κ3) is 2.96. The van der Waals surface area contributed by atoms with Crippen LogP contribution in [0.3, 0.4) is 0 Å². The Morgan fingerprint density at radius 1 is 1.69 bits per heavy atom. The molecule has 88 valence electrons. The van der Waals surface area contributed by atoms with Crippen LogP contribution in [-0.4, -0.2) is 33.0 Å². The normalized spacial score (nSPS) is 17.3. The molecule has 7 heteroatoms. The molecule has 1 fully saturated rings. The molecule has 1 atom stereocenters. The molecule has 1 heterocycles. The Hall–Kier alpha value is -1.08. The van der Waals surface area contributed by atoms with Crippen molar-refractivity contribution in [3.05, 3.63) is 11.7 Å². The molecular formula is C9H13N3O3S. The molecule has 0 aromatic carbocycles. The SMILES string of the molecule is NC(CSCc1nc(C2CC2)no1)C(=O)O. The maximum Gasteiger partial charge on any atom is 0.321 e. The topological polar surface area (TPSA) is 102 Å². The summed E-state index contributed by atoms with van der Waals surface area (Å²) in [5.41, 5.74) is 5.36. The summed E-state index contributed by atoms with van der Waals surface area (Å²) in [6.45, 7) is 0. The van der Waals surface area contributed by atoms with Crippen LogP contribution < -0.4 is 5.73 Å². The molecule has 0 radical (unpaired) electrons. The quantitative estimate of drug-likeness (QED) is 0.753. The van der Waals surface area contributed by atoms with Gasteiger partial charge in [-0.2, -0.15) is 4.98 Å². The lowest BCUT2D eigenvalue weighted by Crippen LogP contribution is -2.32. The summed E-state index contributed by atoms with van der Waals surface area (Å²) in [4.78, 5) is 14.7. The molecule has 2 rings (SSSR count). The molecule has 6 nitrogen and oxygen atoms in total. The van der Waals surface area contributed by atoms with Crippen molar-refractivity contribution >= 4 is 17.7 Å². The molecule has 0 saturated heterocycles. The Morgan fingerprint density at radius 3 is 3.06 bits per heavy atom. The van der Waals surface area contributed by atoms with E-state index in [0.717, 1.165) is 18.7 Å². The molecule has 1 aromatic rings. The van der Waals surface area contributed by atoms with E-state index in [4.69, 9.17) is 15.4 Å². The highest BCUT2D eigenvalue weighted by atomic mass is 32.2. The summed E-state index contributed by atoms with van der Waals surface area (Å²) in [6.07, 6.45) is 2.27. The standard InChI is InChI=1S/C9H13N3O3S/c10-6(9(13)14)3-16-4-7-11-8(12-15-7)5-1-2-5/h5-6H,1-4,10H2,(H,13,14). The predicted octanol–water partition coefficient (Wildman–Crippen LogP) is 0.592. The summed E-state index contributed by atoms with van der Waals surface area (Å²) in [7, 11) is 0. The fraction of sp³-hybridized carbons (Fsp3) is 0.667. The van der Waals surface area contributed by atoms with Crippen LogP contribution in [0.15, 0.2) is 4.52 Å². The summed E-state index contributed by atoms with van der Waals surface area (Å²) in [6, 6.07) is -0.837. The number of nitrogens with zero attached hydrogens (tertiary/aromatic N) is 2. The molecule has 0 amide bonds. The molecule has 0 bridgehead atoms. The summed E-state index contributed by atoms with van der Waals surface area (Å²) in [5.74, 6) is 1.67. The van der Waals surface area contributed by atoms with E-state index in [9.17, 15) is 4.79 Å². The average molecular weight is 243 g/mol.